The van der Waals surface area contributed by atoms with Crippen LogP contribution in [0.25, 0.3) is 0 Å². The normalized spacial score (nSPS) is 13.0. The van der Waals surface area contributed by atoms with Gasteiger partial charge in [-0.3, -0.25) is 9.59 Å². The summed E-state index contributed by atoms with van der Waals surface area (Å²) < 4.78 is 9.79. The van der Waals surface area contributed by atoms with Gasteiger partial charge >= 0.3 is 11.9 Å². The number of hydrogen-bond donors (Lipinski definition) is 4. The molecular formula is C36H54N2O8. The Kier molecular flexibility index (Phi) is 28.3. The van der Waals surface area contributed by atoms with Gasteiger partial charge < -0.3 is 30.3 Å². The van der Waals surface area contributed by atoms with Crippen LogP contribution in [-0.2, 0) is 28.7 Å². The molecule has 0 unspecified atom stereocenters. The molecule has 0 bridgehead atoms. The van der Waals surface area contributed by atoms with E-state index in [1.54, 1.807) is 6.92 Å². The SMILES string of the molecule is CCC=CCC=CCC=CCC=CCC=CCC=CCCC(=O)N[C@@H](CCCNC(=O)C=CC(=O)OCC)C(=O)OC(CO)CO. The number of amides is 2. The number of ether oxygens (including phenoxy) is 2. The minimum atomic E-state index is -1.10. The smallest absolute Gasteiger partial charge is 0.330 e. The van der Waals surface area contributed by atoms with Crippen molar-refractivity contribution in [2.75, 3.05) is 26.4 Å². The molecule has 4 N–H and O–H groups in total. The summed E-state index contributed by atoms with van der Waals surface area (Å²) in [5, 5.41) is 23.7. The zero-order chi connectivity index (χ0) is 34.1. The Balaban J connectivity index is 4.44. The lowest BCUT2D eigenvalue weighted by molar-refractivity contribution is -0.157. The number of nitrogens with one attached hydrogen (secondary N) is 2. The van der Waals surface area contributed by atoms with Gasteiger partial charge in [-0.15, -0.1) is 0 Å². The molecule has 0 rings (SSSR count). The number of carbonyl (C=O) groups excluding carboxylic acids is 4. The molecule has 256 valence electrons. The van der Waals surface area contributed by atoms with E-state index < -0.39 is 43.2 Å². The van der Waals surface area contributed by atoms with Crippen LogP contribution in [0.3, 0.4) is 0 Å². The predicted octanol–water partition coefficient (Wildman–Crippen LogP) is 4.86. The summed E-state index contributed by atoms with van der Waals surface area (Å²) in [5.74, 6) is -2.28. The van der Waals surface area contributed by atoms with Crippen LogP contribution < -0.4 is 10.6 Å². The minimum Gasteiger partial charge on any atom is -0.463 e. The van der Waals surface area contributed by atoms with E-state index in [9.17, 15) is 29.4 Å². The molecule has 0 aliphatic carbocycles. The number of rotatable bonds is 26. The Morgan fingerprint density at radius 2 is 1.24 bits per heavy atom. The van der Waals surface area contributed by atoms with Gasteiger partial charge in [0.2, 0.25) is 11.8 Å². The number of hydrogen-bond acceptors (Lipinski definition) is 8. The Bertz CT molecular complexity index is 1050. The predicted molar refractivity (Wildman–Crippen MR) is 181 cm³/mol. The molecule has 2 amide bonds. The monoisotopic (exact) mass is 642 g/mol. The molecular weight excluding hydrogens is 588 g/mol. The van der Waals surface area contributed by atoms with Gasteiger partial charge in [-0.25, -0.2) is 9.59 Å². The minimum absolute atomic E-state index is 0.149. The summed E-state index contributed by atoms with van der Waals surface area (Å²) >= 11 is 0. The fraction of sp³-hybridized carbons (Fsp3) is 0.500. The third-order valence-electron chi connectivity index (χ3n) is 6.07. The lowest BCUT2D eigenvalue weighted by atomic mass is 10.1. The molecule has 46 heavy (non-hydrogen) atoms. The van der Waals surface area contributed by atoms with E-state index in [0.717, 1.165) is 50.7 Å². The molecule has 0 aromatic rings. The Morgan fingerprint density at radius 3 is 1.74 bits per heavy atom. The second-order valence-corrected chi connectivity index (χ2v) is 10.0. The van der Waals surface area contributed by atoms with Gasteiger partial charge in [0.25, 0.3) is 0 Å². The van der Waals surface area contributed by atoms with Gasteiger partial charge in [0, 0.05) is 25.1 Å². The maximum Gasteiger partial charge on any atom is 0.330 e. The average molecular weight is 643 g/mol. The van der Waals surface area contributed by atoms with E-state index in [4.69, 9.17) is 9.47 Å². The standard InChI is InChI=1S/C36H54N2O8/c1-3-5-6-7-8-9-10-11-12-13-14-15-16-17-18-19-20-21-22-25-34(42)38-32(36(44)46-31(29-39)30-40)24-23-28-37-33(41)26-27-35(43)45-4-2/h5-6,8-9,11-12,14-15,17-18,20-21,26-27,31-32,39-40H,3-4,7,10,13,16,19,22-25,28-30H2,1-2H3,(H,37,41)(H,38,42)/t32-/m0/s1. The first kappa shape index (κ1) is 42.0. The van der Waals surface area contributed by atoms with Crippen molar-refractivity contribution in [2.45, 2.75) is 90.2 Å². The van der Waals surface area contributed by atoms with Gasteiger partial charge in [-0.05, 0) is 64.7 Å². The highest BCUT2D eigenvalue weighted by atomic mass is 16.6. The molecule has 10 nitrogen and oxygen atoms in total. The van der Waals surface area contributed by atoms with Crippen LogP contribution in [0.1, 0.15) is 78.1 Å². The van der Waals surface area contributed by atoms with Crippen LogP contribution in [0, 0.1) is 0 Å². The van der Waals surface area contributed by atoms with Crippen molar-refractivity contribution >= 4 is 23.8 Å². The molecule has 0 fully saturated rings. The Hall–Kier alpha value is -4.02. The lowest BCUT2D eigenvalue weighted by Gasteiger charge is -2.20. The second-order valence-electron chi connectivity index (χ2n) is 10.0. The fourth-order valence-corrected chi connectivity index (χ4v) is 3.66. The fourth-order valence-electron chi connectivity index (χ4n) is 3.66. The lowest BCUT2D eigenvalue weighted by Crippen LogP contribution is -2.44. The van der Waals surface area contributed by atoms with Crippen molar-refractivity contribution in [3.8, 4) is 0 Å². The Morgan fingerprint density at radius 1 is 0.717 bits per heavy atom. The molecule has 0 aliphatic rings. The van der Waals surface area contributed by atoms with Gasteiger partial charge in [0.1, 0.15) is 12.1 Å². The van der Waals surface area contributed by atoms with Gasteiger partial charge in [0.05, 0.1) is 19.8 Å². The summed E-state index contributed by atoms with van der Waals surface area (Å²) in [5.41, 5.74) is 0. The highest BCUT2D eigenvalue weighted by molar-refractivity contribution is 5.94. The van der Waals surface area contributed by atoms with Gasteiger partial charge in [-0.1, -0.05) is 79.8 Å². The average Bonchev–Trinajstić information content (AvgIpc) is 3.05. The van der Waals surface area contributed by atoms with Crippen LogP contribution >= 0.6 is 0 Å². The van der Waals surface area contributed by atoms with Crippen molar-refractivity contribution < 1.29 is 38.9 Å². The quantitative estimate of drug-likeness (QED) is 0.0452. The van der Waals surface area contributed by atoms with E-state index in [2.05, 4.69) is 78.3 Å². The highest BCUT2D eigenvalue weighted by Gasteiger charge is 2.24. The maximum atomic E-state index is 12.6. The molecule has 0 spiro atoms. The summed E-state index contributed by atoms with van der Waals surface area (Å²) in [6, 6.07) is -1.02. The molecule has 0 saturated carbocycles. The number of allylic oxidation sites excluding steroid dienone is 12. The number of aliphatic hydroxyl groups is 2. The first-order valence-corrected chi connectivity index (χ1v) is 16.1. The van der Waals surface area contributed by atoms with Crippen LogP contribution in [0.5, 0.6) is 0 Å². The van der Waals surface area contributed by atoms with Crippen molar-refractivity contribution in [3.05, 3.63) is 85.1 Å². The third-order valence-corrected chi connectivity index (χ3v) is 6.07. The van der Waals surface area contributed by atoms with E-state index >= 15 is 0 Å². The zero-order valence-corrected chi connectivity index (χ0v) is 27.5. The molecule has 0 radical (unpaired) electrons. The number of aliphatic hydroxyl groups excluding tert-OH is 2. The zero-order valence-electron chi connectivity index (χ0n) is 27.5. The first-order valence-electron chi connectivity index (χ1n) is 16.1. The van der Waals surface area contributed by atoms with E-state index in [1.807, 2.05) is 12.2 Å². The van der Waals surface area contributed by atoms with Crippen LogP contribution in [0.15, 0.2) is 85.1 Å². The first-order chi connectivity index (χ1) is 22.4. The molecule has 0 aromatic heterocycles. The molecule has 1 atom stereocenters. The molecule has 0 aromatic carbocycles. The van der Waals surface area contributed by atoms with Crippen LogP contribution in [0.2, 0.25) is 0 Å². The van der Waals surface area contributed by atoms with Gasteiger partial charge in [0.15, 0.2) is 0 Å². The summed E-state index contributed by atoms with van der Waals surface area (Å²) in [7, 11) is 0. The van der Waals surface area contributed by atoms with E-state index in [1.165, 1.54) is 0 Å². The largest absolute Gasteiger partial charge is 0.463 e. The molecule has 0 aliphatic heterocycles. The summed E-state index contributed by atoms with van der Waals surface area (Å²) in [4.78, 5) is 48.2. The molecule has 0 saturated heterocycles. The van der Waals surface area contributed by atoms with Crippen molar-refractivity contribution in [3.63, 3.8) is 0 Å². The summed E-state index contributed by atoms with van der Waals surface area (Å²) in [6.07, 6.45) is 32.9. The topological polar surface area (TPSA) is 151 Å². The molecule has 0 heterocycles. The van der Waals surface area contributed by atoms with E-state index in [0.29, 0.717) is 12.8 Å². The van der Waals surface area contributed by atoms with Crippen molar-refractivity contribution in [1.82, 2.24) is 10.6 Å². The van der Waals surface area contributed by atoms with E-state index in [-0.39, 0.29) is 31.9 Å². The Labute approximate surface area is 274 Å². The summed E-state index contributed by atoms with van der Waals surface area (Å²) in [6.45, 7) is 3.03. The second kappa shape index (κ2) is 31.0. The number of carbonyl (C=O) groups is 4. The van der Waals surface area contributed by atoms with Gasteiger partial charge in [-0.2, -0.15) is 0 Å². The third kappa shape index (κ3) is 26.4. The van der Waals surface area contributed by atoms with Crippen molar-refractivity contribution in [2.24, 2.45) is 0 Å². The van der Waals surface area contributed by atoms with Crippen molar-refractivity contribution in [1.29, 1.82) is 0 Å². The van der Waals surface area contributed by atoms with Crippen LogP contribution in [0.4, 0.5) is 0 Å². The maximum absolute atomic E-state index is 12.6. The number of esters is 2. The molecule has 10 heteroatoms. The highest BCUT2D eigenvalue weighted by Crippen LogP contribution is 2.05. The van der Waals surface area contributed by atoms with Crippen LogP contribution in [-0.4, -0.2) is 72.5 Å².